The van der Waals surface area contributed by atoms with Gasteiger partial charge in [0.15, 0.2) is 0 Å². The summed E-state index contributed by atoms with van der Waals surface area (Å²) in [6, 6.07) is 9.35. The SMILES string of the molecule is CCCCCCCCCCCSC(CCCCCCC)C(C)OOC(OCCC)([PH+]=O)C(=O)OCc1ccccc1. The van der Waals surface area contributed by atoms with Crippen molar-refractivity contribution in [3.63, 3.8) is 0 Å². The molecule has 0 heterocycles. The molecule has 0 aliphatic heterocycles. The first kappa shape index (κ1) is 38.0. The molecule has 1 aromatic rings. The summed E-state index contributed by atoms with van der Waals surface area (Å²) in [5.41, 5.74) is -1.27. The first-order chi connectivity index (χ1) is 20.0. The molecule has 0 amide bonds. The van der Waals surface area contributed by atoms with E-state index in [1.165, 1.54) is 83.5 Å². The monoisotopic (exact) mass is 613 g/mol. The maximum Gasteiger partial charge on any atom is 0.497 e. The lowest BCUT2D eigenvalue weighted by atomic mass is 10.1. The molecule has 0 saturated carbocycles. The average molecular weight is 614 g/mol. The molecular formula is C33H58O6PS+. The Morgan fingerprint density at radius 3 is 2.00 bits per heavy atom. The van der Waals surface area contributed by atoms with Gasteiger partial charge < -0.3 is 4.74 Å². The molecule has 0 radical (unpaired) electrons. The van der Waals surface area contributed by atoms with Gasteiger partial charge in [-0.2, -0.15) is 11.8 Å². The topological polar surface area (TPSA) is 71.1 Å². The Labute approximate surface area is 256 Å². The van der Waals surface area contributed by atoms with E-state index in [1.54, 1.807) is 0 Å². The van der Waals surface area contributed by atoms with Crippen LogP contribution >= 0.6 is 20.2 Å². The highest BCUT2D eigenvalue weighted by Gasteiger charge is 2.55. The fourth-order valence-electron chi connectivity index (χ4n) is 4.52. The van der Waals surface area contributed by atoms with Gasteiger partial charge in [0.1, 0.15) is 12.7 Å². The molecule has 0 aromatic heterocycles. The second kappa shape index (κ2) is 25.5. The second-order valence-electron chi connectivity index (χ2n) is 11.0. The van der Waals surface area contributed by atoms with E-state index in [4.69, 9.17) is 19.2 Å². The average Bonchev–Trinajstić information content (AvgIpc) is 3.00. The summed E-state index contributed by atoms with van der Waals surface area (Å²) in [5.74, 6) is 0.233. The van der Waals surface area contributed by atoms with Crippen molar-refractivity contribution in [1.29, 1.82) is 0 Å². The molecule has 8 heteroatoms. The largest absolute Gasteiger partial charge is 0.497 e. The molecule has 1 rings (SSSR count). The molecule has 0 N–H and O–H groups in total. The Morgan fingerprint density at radius 1 is 0.829 bits per heavy atom. The van der Waals surface area contributed by atoms with E-state index in [2.05, 4.69) is 13.8 Å². The van der Waals surface area contributed by atoms with E-state index in [0.29, 0.717) is 6.42 Å². The fourth-order valence-corrected chi connectivity index (χ4v) is 6.25. The van der Waals surface area contributed by atoms with Crippen LogP contribution in [0.15, 0.2) is 30.3 Å². The third kappa shape index (κ3) is 17.7. The third-order valence-corrected chi connectivity index (χ3v) is 9.41. The number of carbonyl (C=O) groups excluding carboxylic acids is 1. The van der Waals surface area contributed by atoms with E-state index < -0.39 is 20.0 Å². The highest BCUT2D eigenvalue weighted by molar-refractivity contribution is 7.99. The lowest BCUT2D eigenvalue weighted by Crippen LogP contribution is -2.42. The first-order valence-corrected chi connectivity index (χ1v) is 18.2. The number of esters is 1. The standard InChI is InChI=1S/C33H57O6PS/c1-5-8-10-12-13-14-15-17-22-27-41-31(25-21-16-11-9-6-2)29(4)38-39-33(40-35,37-26-7-3)32(34)36-28-30-23-19-18-20-24-30/h18-20,23-24,29,31H,5-17,21-22,25-28H2,1-4H3/p+1. The van der Waals surface area contributed by atoms with Gasteiger partial charge in [0.25, 0.3) is 0 Å². The second-order valence-corrected chi connectivity index (χ2v) is 13.2. The van der Waals surface area contributed by atoms with Crippen molar-refractivity contribution in [1.82, 2.24) is 0 Å². The predicted octanol–water partition coefficient (Wildman–Crippen LogP) is 10.2. The lowest BCUT2D eigenvalue weighted by Gasteiger charge is -2.25. The van der Waals surface area contributed by atoms with E-state index in [0.717, 1.165) is 24.2 Å². The van der Waals surface area contributed by atoms with Crippen LogP contribution in [0.5, 0.6) is 0 Å². The van der Waals surface area contributed by atoms with Crippen molar-refractivity contribution in [3.8, 4) is 0 Å². The molecule has 4 unspecified atom stereocenters. The van der Waals surface area contributed by atoms with Crippen LogP contribution < -0.4 is 0 Å². The molecule has 0 spiro atoms. The van der Waals surface area contributed by atoms with Gasteiger partial charge in [-0.15, -0.1) is 4.89 Å². The molecule has 4 atom stereocenters. The molecule has 0 aliphatic rings. The Morgan fingerprint density at radius 2 is 1.41 bits per heavy atom. The van der Waals surface area contributed by atoms with Crippen molar-refractivity contribution in [2.24, 2.45) is 0 Å². The summed E-state index contributed by atoms with van der Waals surface area (Å²) in [6.07, 6.45) is 19.2. The molecule has 0 fully saturated rings. The molecule has 0 bridgehead atoms. The summed E-state index contributed by atoms with van der Waals surface area (Å²) in [7, 11) is -1.23. The van der Waals surface area contributed by atoms with Gasteiger partial charge in [0.2, 0.25) is 0 Å². The highest BCUT2D eigenvalue weighted by Crippen LogP contribution is 2.32. The molecule has 41 heavy (non-hydrogen) atoms. The van der Waals surface area contributed by atoms with Crippen LogP contribution in [0, 0.1) is 0 Å². The van der Waals surface area contributed by atoms with Crippen molar-refractivity contribution >= 4 is 26.2 Å². The van der Waals surface area contributed by atoms with Gasteiger partial charge in [-0.3, -0.25) is 4.74 Å². The van der Waals surface area contributed by atoms with E-state index in [9.17, 15) is 9.36 Å². The van der Waals surface area contributed by atoms with Gasteiger partial charge in [0.05, 0.1) is 6.61 Å². The van der Waals surface area contributed by atoms with E-state index in [-0.39, 0.29) is 24.6 Å². The smallest absolute Gasteiger partial charge is 0.453 e. The van der Waals surface area contributed by atoms with Crippen LogP contribution in [0.3, 0.4) is 0 Å². The van der Waals surface area contributed by atoms with Crippen LogP contribution in [-0.4, -0.2) is 35.2 Å². The lowest BCUT2D eigenvalue weighted by molar-refractivity contribution is -0.403. The van der Waals surface area contributed by atoms with Crippen LogP contribution in [0.1, 0.15) is 136 Å². The minimum Gasteiger partial charge on any atom is -0.453 e. The zero-order chi connectivity index (χ0) is 30.0. The van der Waals surface area contributed by atoms with Crippen LogP contribution in [0.2, 0.25) is 0 Å². The van der Waals surface area contributed by atoms with Crippen LogP contribution in [-0.2, 0) is 35.2 Å². The fraction of sp³-hybridized carbons (Fsp3) is 0.788. The van der Waals surface area contributed by atoms with Crippen LogP contribution in [0.25, 0.3) is 0 Å². The van der Waals surface area contributed by atoms with Crippen molar-refractivity contribution in [2.45, 2.75) is 154 Å². The Hall–Kier alpha value is -0.980. The minimum absolute atomic E-state index is 0.0370. The molecular weight excluding hydrogens is 555 g/mol. The number of unbranched alkanes of at least 4 members (excludes halogenated alkanes) is 12. The molecule has 236 valence electrons. The number of carbonyl (C=O) groups is 1. The van der Waals surface area contributed by atoms with Gasteiger partial charge in [-0.05, 0) is 37.5 Å². The Kier molecular flexibility index (Phi) is 23.7. The highest BCUT2D eigenvalue weighted by atomic mass is 32.2. The van der Waals surface area contributed by atoms with Crippen molar-refractivity contribution in [3.05, 3.63) is 35.9 Å². The number of rotatable bonds is 28. The predicted molar refractivity (Wildman–Crippen MR) is 173 cm³/mol. The van der Waals surface area contributed by atoms with Gasteiger partial charge >= 0.3 is 20.0 Å². The van der Waals surface area contributed by atoms with Crippen LogP contribution in [0.4, 0.5) is 0 Å². The van der Waals surface area contributed by atoms with Gasteiger partial charge in [-0.1, -0.05) is 139 Å². The first-order valence-electron chi connectivity index (χ1n) is 16.2. The van der Waals surface area contributed by atoms with Gasteiger partial charge in [0, 0.05) is 5.25 Å². The number of thioether (sulfide) groups is 1. The van der Waals surface area contributed by atoms with Crippen molar-refractivity contribution < 1.29 is 28.6 Å². The quantitative estimate of drug-likeness (QED) is 0.0232. The van der Waals surface area contributed by atoms with E-state index >= 15 is 0 Å². The zero-order valence-corrected chi connectivity index (χ0v) is 28.2. The maximum atomic E-state index is 13.1. The van der Waals surface area contributed by atoms with Crippen molar-refractivity contribution in [2.75, 3.05) is 12.4 Å². The summed E-state index contributed by atoms with van der Waals surface area (Å²) in [4.78, 5) is 24.5. The minimum atomic E-state index is -2.09. The zero-order valence-electron chi connectivity index (χ0n) is 26.3. The Balaban J connectivity index is 2.66. The Bertz CT molecular complexity index is 767. The molecule has 6 nitrogen and oxygen atoms in total. The summed E-state index contributed by atoms with van der Waals surface area (Å²) >= 11 is 1.92. The number of benzene rings is 1. The normalized spacial score (nSPS) is 14.5. The van der Waals surface area contributed by atoms with E-state index in [1.807, 2.05) is 55.9 Å². The molecule has 1 aromatic carbocycles. The maximum absolute atomic E-state index is 13.1. The third-order valence-electron chi connectivity index (χ3n) is 7.14. The molecule has 0 aliphatic carbocycles. The molecule has 0 saturated heterocycles. The number of hydrogen-bond acceptors (Lipinski definition) is 7. The summed E-state index contributed by atoms with van der Waals surface area (Å²) in [5, 5.41) is 0.213. The van der Waals surface area contributed by atoms with Gasteiger partial charge in [-0.25, -0.2) is 9.68 Å². The number of hydrogen-bond donors (Lipinski definition) is 0. The summed E-state index contributed by atoms with van der Waals surface area (Å²) in [6.45, 7) is 8.60. The number of ether oxygens (including phenoxy) is 2. The summed E-state index contributed by atoms with van der Waals surface area (Å²) < 4.78 is 23.4.